The van der Waals surface area contributed by atoms with Crippen molar-refractivity contribution in [3.8, 4) is 0 Å². The van der Waals surface area contributed by atoms with Gasteiger partial charge in [0.25, 0.3) is 0 Å². The number of hydrogen-bond donors (Lipinski definition) is 0. The zero-order chi connectivity index (χ0) is 9.03. The Morgan fingerprint density at radius 3 is 2.33 bits per heavy atom. The lowest BCUT2D eigenvalue weighted by molar-refractivity contribution is -0.350. The number of ether oxygens (including phenoxy) is 2. The summed E-state index contributed by atoms with van der Waals surface area (Å²) in [5, 5.41) is 0. The molecule has 0 bridgehead atoms. The lowest BCUT2D eigenvalue weighted by atomic mass is 9.94. The zero-order valence-electron chi connectivity index (χ0n) is 8.43. The first-order valence-corrected chi connectivity index (χ1v) is 5.13. The van der Waals surface area contributed by atoms with Crippen LogP contribution in [0.4, 0.5) is 0 Å². The first-order chi connectivity index (χ1) is 5.81. The molecule has 2 unspecified atom stereocenters. The largest absolute Gasteiger partial charge is 0.350 e. The van der Waals surface area contributed by atoms with E-state index < -0.39 is 0 Å². The van der Waals surface area contributed by atoms with Crippen molar-refractivity contribution in [2.45, 2.75) is 58.3 Å². The summed E-state index contributed by atoms with van der Waals surface area (Å²) in [6.07, 6.45) is 5.12. The Kier molecular flexibility index (Phi) is 3.53. The first kappa shape index (κ1) is 10.0. The summed E-state index contributed by atoms with van der Waals surface area (Å²) in [5.41, 5.74) is 0. The fourth-order valence-corrected chi connectivity index (χ4v) is 1.88. The molecule has 0 aromatic rings. The molecule has 72 valence electrons. The molecule has 2 heterocycles. The van der Waals surface area contributed by atoms with E-state index in [2.05, 4.69) is 6.92 Å². The SMILES string of the molecule is CC.CC1CC2(CCCCO2)O1. The minimum Gasteiger partial charge on any atom is -0.350 e. The van der Waals surface area contributed by atoms with Crippen molar-refractivity contribution in [2.75, 3.05) is 6.61 Å². The van der Waals surface area contributed by atoms with Crippen molar-refractivity contribution >= 4 is 0 Å². The van der Waals surface area contributed by atoms with Crippen LogP contribution in [-0.4, -0.2) is 18.5 Å². The number of rotatable bonds is 0. The third-order valence-corrected chi connectivity index (χ3v) is 2.33. The highest BCUT2D eigenvalue weighted by atomic mass is 16.7. The topological polar surface area (TPSA) is 18.5 Å². The molecular formula is C10H20O2. The Morgan fingerprint density at radius 2 is 1.92 bits per heavy atom. The summed E-state index contributed by atoms with van der Waals surface area (Å²) < 4.78 is 11.1. The van der Waals surface area contributed by atoms with Gasteiger partial charge < -0.3 is 9.47 Å². The van der Waals surface area contributed by atoms with Gasteiger partial charge in [-0.3, -0.25) is 0 Å². The van der Waals surface area contributed by atoms with Gasteiger partial charge in [0.1, 0.15) is 0 Å². The minimum atomic E-state index is -0.127. The van der Waals surface area contributed by atoms with E-state index in [0.29, 0.717) is 6.10 Å². The molecule has 2 rings (SSSR count). The average molecular weight is 172 g/mol. The summed E-state index contributed by atoms with van der Waals surface area (Å²) in [7, 11) is 0. The first-order valence-electron chi connectivity index (χ1n) is 5.13. The van der Waals surface area contributed by atoms with Crippen LogP contribution in [0.2, 0.25) is 0 Å². The molecule has 2 saturated heterocycles. The van der Waals surface area contributed by atoms with E-state index in [1.54, 1.807) is 0 Å². The quantitative estimate of drug-likeness (QED) is 0.559. The van der Waals surface area contributed by atoms with Crippen LogP contribution in [0.5, 0.6) is 0 Å². The Hall–Kier alpha value is -0.0800. The minimum absolute atomic E-state index is 0.127. The van der Waals surface area contributed by atoms with Crippen LogP contribution < -0.4 is 0 Å². The van der Waals surface area contributed by atoms with E-state index >= 15 is 0 Å². The van der Waals surface area contributed by atoms with Gasteiger partial charge in [-0.25, -0.2) is 0 Å². The van der Waals surface area contributed by atoms with Gasteiger partial charge in [0.15, 0.2) is 5.79 Å². The molecule has 2 aliphatic rings. The summed E-state index contributed by atoms with van der Waals surface area (Å²) in [6, 6.07) is 0. The third kappa shape index (κ3) is 1.99. The van der Waals surface area contributed by atoms with Crippen LogP contribution >= 0.6 is 0 Å². The maximum atomic E-state index is 5.55. The van der Waals surface area contributed by atoms with Gasteiger partial charge in [0.05, 0.1) is 12.7 Å². The van der Waals surface area contributed by atoms with E-state index in [1.165, 1.54) is 12.8 Å². The van der Waals surface area contributed by atoms with Crippen LogP contribution in [0.1, 0.15) is 46.5 Å². The van der Waals surface area contributed by atoms with Crippen LogP contribution in [0.25, 0.3) is 0 Å². The lowest BCUT2D eigenvalue weighted by Crippen LogP contribution is -2.52. The fraction of sp³-hybridized carbons (Fsp3) is 1.00. The van der Waals surface area contributed by atoms with Crippen LogP contribution in [-0.2, 0) is 9.47 Å². The molecule has 2 nitrogen and oxygen atoms in total. The van der Waals surface area contributed by atoms with Crippen molar-refractivity contribution < 1.29 is 9.47 Å². The second-order valence-electron chi connectivity index (χ2n) is 3.35. The highest BCUT2D eigenvalue weighted by Gasteiger charge is 2.45. The van der Waals surface area contributed by atoms with Crippen molar-refractivity contribution in [1.82, 2.24) is 0 Å². The van der Waals surface area contributed by atoms with E-state index in [-0.39, 0.29) is 5.79 Å². The fourth-order valence-electron chi connectivity index (χ4n) is 1.88. The van der Waals surface area contributed by atoms with E-state index in [9.17, 15) is 0 Å². The summed E-state index contributed by atoms with van der Waals surface area (Å²) >= 11 is 0. The molecule has 2 fully saturated rings. The summed E-state index contributed by atoms with van der Waals surface area (Å²) in [4.78, 5) is 0. The molecule has 0 amide bonds. The van der Waals surface area contributed by atoms with Gasteiger partial charge in [-0.05, 0) is 19.8 Å². The Bertz CT molecular complexity index is 112. The standard InChI is InChI=1S/C8H14O2.C2H6/c1-7-6-8(10-7)4-2-3-5-9-8;1-2/h7H,2-6H2,1H3;1-2H3. The molecule has 0 aliphatic carbocycles. The van der Waals surface area contributed by atoms with Gasteiger partial charge >= 0.3 is 0 Å². The third-order valence-electron chi connectivity index (χ3n) is 2.33. The second kappa shape index (κ2) is 4.24. The van der Waals surface area contributed by atoms with Gasteiger partial charge in [-0.1, -0.05) is 13.8 Å². The van der Waals surface area contributed by atoms with Crippen molar-refractivity contribution in [3.63, 3.8) is 0 Å². The molecule has 1 spiro atoms. The Morgan fingerprint density at radius 1 is 1.25 bits per heavy atom. The molecule has 0 N–H and O–H groups in total. The molecule has 0 radical (unpaired) electrons. The number of hydrogen-bond acceptors (Lipinski definition) is 2. The molecule has 12 heavy (non-hydrogen) atoms. The Balaban J connectivity index is 0.000000336. The highest BCUT2D eigenvalue weighted by Crippen LogP contribution is 2.40. The molecule has 0 aromatic heterocycles. The van der Waals surface area contributed by atoms with E-state index in [4.69, 9.17) is 9.47 Å². The van der Waals surface area contributed by atoms with Gasteiger partial charge in [0.2, 0.25) is 0 Å². The highest BCUT2D eigenvalue weighted by molar-refractivity contribution is 4.85. The van der Waals surface area contributed by atoms with Gasteiger partial charge in [0, 0.05) is 12.8 Å². The monoisotopic (exact) mass is 172 g/mol. The predicted octanol–water partition coefficient (Wildman–Crippen LogP) is 2.72. The molecule has 0 aromatic carbocycles. The van der Waals surface area contributed by atoms with Crippen LogP contribution in [0.3, 0.4) is 0 Å². The average Bonchev–Trinajstić information content (AvgIpc) is 2.08. The normalized spacial score (nSPS) is 39.8. The molecule has 0 saturated carbocycles. The maximum Gasteiger partial charge on any atom is 0.171 e. The molecule has 2 heteroatoms. The second-order valence-corrected chi connectivity index (χ2v) is 3.35. The molecular weight excluding hydrogens is 152 g/mol. The summed E-state index contributed by atoms with van der Waals surface area (Å²) in [6.45, 7) is 7.00. The van der Waals surface area contributed by atoms with Gasteiger partial charge in [-0.15, -0.1) is 0 Å². The van der Waals surface area contributed by atoms with E-state index in [0.717, 1.165) is 19.4 Å². The van der Waals surface area contributed by atoms with Crippen LogP contribution in [0.15, 0.2) is 0 Å². The van der Waals surface area contributed by atoms with Crippen molar-refractivity contribution in [3.05, 3.63) is 0 Å². The van der Waals surface area contributed by atoms with Crippen LogP contribution in [0, 0.1) is 0 Å². The smallest absolute Gasteiger partial charge is 0.171 e. The molecule has 2 atom stereocenters. The maximum absolute atomic E-state index is 5.55. The van der Waals surface area contributed by atoms with Crippen molar-refractivity contribution in [2.24, 2.45) is 0 Å². The lowest BCUT2D eigenvalue weighted by Gasteiger charge is -2.48. The van der Waals surface area contributed by atoms with Gasteiger partial charge in [-0.2, -0.15) is 0 Å². The summed E-state index contributed by atoms with van der Waals surface area (Å²) in [5.74, 6) is -0.127. The Labute approximate surface area is 75.2 Å². The molecule has 2 aliphatic heterocycles. The zero-order valence-corrected chi connectivity index (χ0v) is 8.43. The predicted molar refractivity (Wildman–Crippen MR) is 49.0 cm³/mol. The van der Waals surface area contributed by atoms with Crippen molar-refractivity contribution in [1.29, 1.82) is 0 Å². The van der Waals surface area contributed by atoms with E-state index in [1.807, 2.05) is 13.8 Å².